The van der Waals surface area contributed by atoms with E-state index >= 15 is 0 Å². The Hall–Kier alpha value is -1.44. The molecule has 3 aliphatic carbocycles. The number of rotatable bonds is 5. The summed E-state index contributed by atoms with van der Waals surface area (Å²) in [7, 11) is -3.20. The van der Waals surface area contributed by atoms with E-state index in [9.17, 15) is 19.4 Å². The van der Waals surface area contributed by atoms with Gasteiger partial charge in [-0.1, -0.05) is 6.07 Å². The molecule has 1 spiro atoms. The molecule has 2 N–H and O–H groups in total. The first kappa shape index (κ1) is 19.3. The molecule has 2 saturated carbocycles. The third-order valence-electron chi connectivity index (χ3n) is 7.99. The van der Waals surface area contributed by atoms with E-state index in [2.05, 4.69) is 9.42 Å². The molecule has 1 saturated heterocycles. The second kappa shape index (κ2) is 6.08. The maximum absolute atomic E-state index is 13.0. The van der Waals surface area contributed by atoms with Crippen LogP contribution in [0.1, 0.15) is 43.2 Å². The summed E-state index contributed by atoms with van der Waals surface area (Å²) in [6, 6.07) is 3.43. The van der Waals surface area contributed by atoms with Gasteiger partial charge in [-0.25, -0.2) is 4.57 Å². The molecule has 6 rings (SSSR count). The zero-order chi connectivity index (χ0) is 20.9. The van der Waals surface area contributed by atoms with Crippen molar-refractivity contribution in [2.24, 2.45) is 5.92 Å². The molecule has 9 heteroatoms. The first-order chi connectivity index (χ1) is 14.3. The van der Waals surface area contributed by atoms with Crippen LogP contribution in [0.3, 0.4) is 0 Å². The number of nitrogens with zero attached hydrogens (tertiary/aromatic N) is 1. The Morgan fingerprint density at radius 1 is 1.33 bits per heavy atom. The molecule has 30 heavy (non-hydrogen) atoms. The predicted molar refractivity (Wildman–Crippen MR) is 106 cm³/mol. The average Bonchev–Trinajstić information content (AvgIpc) is 3.45. The number of piperidine rings is 1. The van der Waals surface area contributed by atoms with Crippen LogP contribution in [0.5, 0.6) is 11.5 Å². The SMILES string of the molecule is COP(=O)(O)Oc1ccc2c3c1O[C@H]1C(=O)CC[C@@]4(O)[C@@H](C2)N(CC2CC2)CC[C@]314. The second-order valence-corrected chi connectivity index (χ2v) is 10.9. The molecule has 5 aliphatic rings. The van der Waals surface area contributed by atoms with Crippen LogP contribution in [-0.4, -0.2) is 58.6 Å². The van der Waals surface area contributed by atoms with Gasteiger partial charge in [-0.15, -0.1) is 0 Å². The Labute approximate surface area is 174 Å². The number of ketones is 1. The summed E-state index contributed by atoms with van der Waals surface area (Å²) < 4.78 is 28.1. The second-order valence-electron chi connectivity index (χ2n) is 9.44. The highest BCUT2D eigenvalue weighted by Crippen LogP contribution is 2.65. The molecule has 5 atom stereocenters. The van der Waals surface area contributed by atoms with Crippen molar-refractivity contribution in [2.45, 2.75) is 61.7 Å². The molecule has 0 aromatic heterocycles. The van der Waals surface area contributed by atoms with Gasteiger partial charge in [0.05, 0.1) is 11.0 Å². The molecule has 0 radical (unpaired) electrons. The lowest BCUT2D eigenvalue weighted by molar-refractivity contribution is -0.188. The lowest BCUT2D eigenvalue weighted by atomic mass is 9.49. The molecule has 0 amide bonds. The Balaban J connectivity index is 1.52. The van der Waals surface area contributed by atoms with E-state index in [4.69, 9.17) is 9.26 Å². The standard InChI is InChI=1S/C21H26NO7P/c1-27-30(25,26)29-15-5-4-13-10-16-21(24)7-6-14(23)19-20(21,17(13)18(15)28-19)8-9-22(16)11-12-2-3-12/h4-5,12,16,19,24H,2-3,6-11H2,1H3,(H,25,26)/t16-,19+,20+,21-/m1/s1. The molecule has 1 aromatic carbocycles. The van der Waals surface area contributed by atoms with Gasteiger partial charge in [-0.05, 0) is 56.2 Å². The summed E-state index contributed by atoms with van der Waals surface area (Å²) in [6.07, 6.45) is 3.68. The van der Waals surface area contributed by atoms with Crippen LogP contribution < -0.4 is 9.26 Å². The fraction of sp³-hybridized carbons (Fsp3) is 0.667. The molecule has 1 aromatic rings. The zero-order valence-corrected chi connectivity index (χ0v) is 17.8. The highest BCUT2D eigenvalue weighted by molar-refractivity contribution is 7.47. The monoisotopic (exact) mass is 435 g/mol. The van der Waals surface area contributed by atoms with E-state index in [1.807, 2.05) is 6.07 Å². The van der Waals surface area contributed by atoms with E-state index in [0.717, 1.165) is 31.3 Å². The van der Waals surface area contributed by atoms with Gasteiger partial charge in [0.15, 0.2) is 23.4 Å². The van der Waals surface area contributed by atoms with Crippen molar-refractivity contribution in [2.75, 3.05) is 20.2 Å². The van der Waals surface area contributed by atoms with Gasteiger partial charge in [0.2, 0.25) is 0 Å². The Morgan fingerprint density at radius 2 is 2.13 bits per heavy atom. The summed E-state index contributed by atoms with van der Waals surface area (Å²) in [5.74, 6) is 1.08. The third kappa shape index (κ3) is 2.37. The summed E-state index contributed by atoms with van der Waals surface area (Å²) in [4.78, 5) is 25.2. The van der Waals surface area contributed by atoms with Crippen molar-refractivity contribution >= 4 is 13.6 Å². The molecule has 2 bridgehead atoms. The Bertz CT molecular complexity index is 994. The number of carbonyl (C=O) groups is 1. The van der Waals surface area contributed by atoms with Gasteiger partial charge < -0.3 is 14.4 Å². The summed E-state index contributed by atoms with van der Waals surface area (Å²) >= 11 is 0. The molecule has 162 valence electrons. The van der Waals surface area contributed by atoms with Gasteiger partial charge in [-0.3, -0.25) is 19.1 Å². The van der Waals surface area contributed by atoms with Gasteiger partial charge in [0.1, 0.15) is 0 Å². The summed E-state index contributed by atoms with van der Waals surface area (Å²) in [5, 5.41) is 12.2. The van der Waals surface area contributed by atoms with E-state index in [-0.39, 0.29) is 24.0 Å². The number of benzene rings is 1. The Morgan fingerprint density at radius 3 is 2.87 bits per heavy atom. The van der Waals surface area contributed by atoms with Crippen molar-refractivity contribution in [1.82, 2.24) is 4.90 Å². The van der Waals surface area contributed by atoms with E-state index in [1.165, 1.54) is 12.8 Å². The molecule has 2 aliphatic heterocycles. The van der Waals surface area contributed by atoms with Crippen LogP contribution in [0.25, 0.3) is 0 Å². The van der Waals surface area contributed by atoms with Gasteiger partial charge in [-0.2, -0.15) is 0 Å². The van der Waals surface area contributed by atoms with Crippen LogP contribution in [0, 0.1) is 5.92 Å². The lowest BCUT2D eigenvalue weighted by Gasteiger charge is -2.62. The largest absolute Gasteiger partial charge is 0.527 e. The minimum absolute atomic E-state index is 0.0250. The average molecular weight is 435 g/mol. The maximum atomic E-state index is 13.0. The molecule has 8 nitrogen and oxygen atoms in total. The smallest absolute Gasteiger partial charge is 0.477 e. The van der Waals surface area contributed by atoms with Gasteiger partial charge in [0, 0.05) is 31.7 Å². The van der Waals surface area contributed by atoms with Gasteiger partial charge >= 0.3 is 7.82 Å². The molecule has 3 fully saturated rings. The molecular weight excluding hydrogens is 409 g/mol. The van der Waals surface area contributed by atoms with Crippen LogP contribution in [-0.2, 0) is 25.7 Å². The maximum Gasteiger partial charge on any atom is 0.527 e. The van der Waals surface area contributed by atoms with Crippen molar-refractivity contribution in [1.29, 1.82) is 0 Å². The number of phosphoric ester groups is 1. The van der Waals surface area contributed by atoms with Crippen molar-refractivity contribution in [3.63, 3.8) is 0 Å². The fourth-order valence-electron chi connectivity index (χ4n) is 6.49. The highest BCUT2D eigenvalue weighted by atomic mass is 31.2. The van der Waals surface area contributed by atoms with Crippen molar-refractivity contribution < 1.29 is 33.1 Å². The number of likely N-dealkylation sites (tertiary alicyclic amines) is 1. The summed E-state index contributed by atoms with van der Waals surface area (Å²) in [5.41, 5.74) is -0.0874. The van der Waals surface area contributed by atoms with E-state index in [0.29, 0.717) is 30.9 Å². The number of aliphatic hydroxyl groups is 1. The normalized spacial score (nSPS) is 38.6. The minimum Gasteiger partial charge on any atom is -0.477 e. The number of carbonyl (C=O) groups excluding carboxylic acids is 1. The molecule has 1 unspecified atom stereocenters. The first-order valence-corrected chi connectivity index (χ1v) is 12.2. The first-order valence-electron chi connectivity index (χ1n) is 10.7. The van der Waals surface area contributed by atoms with E-state index < -0.39 is 24.9 Å². The topological polar surface area (TPSA) is 106 Å². The van der Waals surface area contributed by atoms with Crippen LogP contribution in [0.2, 0.25) is 0 Å². The lowest BCUT2D eigenvalue weighted by Crippen LogP contribution is -2.76. The van der Waals surface area contributed by atoms with E-state index in [1.54, 1.807) is 6.07 Å². The Kier molecular flexibility index (Phi) is 3.90. The summed E-state index contributed by atoms with van der Waals surface area (Å²) in [6.45, 7) is 1.80. The minimum atomic E-state index is -4.30. The number of Topliss-reactive ketones (excluding diaryl/α,β-unsaturated/α-hetero) is 1. The van der Waals surface area contributed by atoms with Crippen molar-refractivity contribution in [3.8, 4) is 11.5 Å². The molecule has 2 heterocycles. The van der Waals surface area contributed by atoms with Gasteiger partial charge in [0.25, 0.3) is 0 Å². The molecular formula is C21H26NO7P. The highest BCUT2D eigenvalue weighted by Gasteiger charge is 2.73. The van der Waals surface area contributed by atoms with Crippen LogP contribution in [0.15, 0.2) is 12.1 Å². The quantitative estimate of drug-likeness (QED) is 0.677. The van der Waals surface area contributed by atoms with Crippen molar-refractivity contribution in [3.05, 3.63) is 23.3 Å². The third-order valence-corrected chi connectivity index (χ3v) is 8.88. The van der Waals surface area contributed by atoms with Crippen LogP contribution in [0.4, 0.5) is 0 Å². The number of hydrogen-bond acceptors (Lipinski definition) is 7. The number of phosphoric acid groups is 1. The fourth-order valence-corrected chi connectivity index (χ4v) is 6.95. The number of ether oxygens (including phenoxy) is 1. The zero-order valence-electron chi connectivity index (χ0n) is 16.9. The predicted octanol–water partition coefficient (Wildman–Crippen LogP) is 1.95. The van der Waals surface area contributed by atoms with Crippen LogP contribution >= 0.6 is 7.82 Å². The number of hydrogen-bond donors (Lipinski definition) is 2.